The van der Waals surface area contributed by atoms with Crippen LogP contribution in [0.15, 0.2) is 18.2 Å². The average molecular weight is 189 g/mol. The van der Waals surface area contributed by atoms with E-state index in [-0.39, 0.29) is 0 Å². The molecule has 0 saturated heterocycles. The monoisotopic (exact) mass is 189 g/mol. The summed E-state index contributed by atoms with van der Waals surface area (Å²) in [4.78, 5) is 3.38. The van der Waals surface area contributed by atoms with E-state index in [1.165, 1.54) is 22.2 Å². The summed E-state index contributed by atoms with van der Waals surface area (Å²) in [6.07, 6.45) is 1.02. The summed E-state index contributed by atoms with van der Waals surface area (Å²) in [5.41, 5.74) is 3.64. The van der Waals surface area contributed by atoms with Gasteiger partial charge in [0, 0.05) is 16.6 Å². The first-order valence-corrected chi connectivity index (χ1v) is 4.91. The van der Waals surface area contributed by atoms with E-state index in [1.807, 2.05) is 0 Å². The number of ether oxygens (including phenoxy) is 1. The maximum atomic E-state index is 5.35. The lowest BCUT2D eigenvalue weighted by molar-refractivity contribution is 0.419. The van der Waals surface area contributed by atoms with Gasteiger partial charge in [-0.1, -0.05) is 6.92 Å². The molecule has 2 nitrogen and oxygen atoms in total. The van der Waals surface area contributed by atoms with Crippen LogP contribution in [-0.4, -0.2) is 12.1 Å². The summed E-state index contributed by atoms with van der Waals surface area (Å²) in [5.74, 6) is 0.955. The van der Waals surface area contributed by atoms with Crippen LogP contribution < -0.4 is 4.74 Å². The van der Waals surface area contributed by atoms with Crippen LogP contribution >= 0.6 is 0 Å². The highest BCUT2D eigenvalue weighted by Crippen LogP contribution is 2.27. The normalized spacial score (nSPS) is 10.8. The minimum absolute atomic E-state index is 0.955. The van der Waals surface area contributed by atoms with Gasteiger partial charge in [-0.25, -0.2) is 0 Å². The first-order chi connectivity index (χ1) is 6.74. The molecule has 74 valence electrons. The third-order valence-electron chi connectivity index (χ3n) is 2.50. The van der Waals surface area contributed by atoms with Crippen LogP contribution in [0.25, 0.3) is 10.9 Å². The highest BCUT2D eigenvalue weighted by molar-refractivity contribution is 5.87. The summed E-state index contributed by atoms with van der Waals surface area (Å²) >= 11 is 0. The summed E-state index contributed by atoms with van der Waals surface area (Å²) < 4.78 is 5.35. The van der Waals surface area contributed by atoms with Crippen LogP contribution in [0.1, 0.15) is 18.2 Å². The predicted molar refractivity (Wildman–Crippen MR) is 59.0 cm³/mol. The summed E-state index contributed by atoms with van der Waals surface area (Å²) in [6, 6.07) is 6.38. The fourth-order valence-electron chi connectivity index (χ4n) is 1.76. The number of aromatic nitrogens is 1. The van der Waals surface area contributed by atoms with Gasteiger partial charge in [0.2, 0.25) is 0 Å². The number of fused-ring (bicyclic) bond motifs is 1. The molecule has 0 aliphatic carbocycles. The number of nitrogens with one attached hydrogen (secondary N) is 1. The number of methoxy groups -OCH3 is 1. The van der Waals surface area contributed by atoms with Gasteiger partial charge in [0.1, 0.15) is 5.75 Å². The van der Waals surface area contributed by atoms with Gasteiger partial charge in [-0.2, -0.15) is 0 Å². The molecule has 0 unspecified atom stereocenters. The standard InChI is InChI=1S/C12H15NO/c1-4-9-7-10-11(13-9)5-8(2)6-12(10)14-3/h5-7,13H,4H2,1-3H3. The highest BCUT2D eigenvalue weighted by atomic mass is 16.5. The van der Waals surface area contributed by atoms with Crippen LogP contribution in [0.2, 0.25) is 0 Å². The van der Waals surface area contributed by atoms with Crippen molar-refractivity contribution in [3.63, 3.8) is 0 Å². The van der Waals surface area contributed by atoms with Gasteiger partial charge in [-0.15, -0.1) is 0 Å². The smallest absolute Gasteiger partial charge is 0.128 e. The molecule has 0 atom stereocenters. The molecule has 1 N–H and O–H groups in total. The number of hydrogen-bond acceptors (Lipinski definition) is 1. The zero-order chi connectivity index (χ0) is 10.1. The zero-order valence-electron chi connectivity index (χ0n) is 8.85. The Balaban J connectivity index is 2.71. The maximum Gasteiger partial charge on any atom is 0.128 e. The number of aromatic amines is 1. The third-order valence-corrected chi connectivity index (χ3v) is 2.50. The van der Waals surface area contributed by atoms with E-state index in [4.69, 9.17) is 4.74 Å². The predicted octanol–water partition coefficient (Wildman–Crippen LogP) is 3.05. The second kappa shape index (κ2) is 3.37. The summed E-state index contributed by atoms with van der Waals surface area (Å²) in [6.45, 7) is 4.22. The highest BCUT2D eigenvalue weighted by Gasteiger charge is 2.05. The summed E-state index contributed by atoms with van der Waals surface area (Å²) in [7, 11) is 1.72. The van der Waals surface area contributed by atoms with E-state index in [2.05, 4.69) is 37.0 Å². The Morgan fingerprint density at radius 1 is 1.29 bits per heavy atom. The van der Waals surface area contributed by atoms with Crippen LogP contribution in [0.5, 0.6) is 5.75 Å². The third kappa shape index (κ3) is 1.37. The Kier molecular flexibility index (Phi) is 2.20. The van der Waals surface area contributed by atoms with E-state index >= 15 is 0 Å². The van der Waals surface area contributed by atoms with E-state index in [9.17, 15) is 0 Å². The molecule has 2 rings (SSSR count). The van der Waals surface area contributed by atoms with Crippen molar-refractivity contribution in [3.8, 4) is 5.75 Å². The molecule has 0 amide bonds. The zero-order valence-corrected chi connectivity index (χ0v) is 8.85. The number of hydrogen-bond donors (Lipinski definition) is 1. The minimum atomic E-state index is 0.955. The van der Waals surface area contributed by atoms with E-state index in [1.54, 1.807) is 7.11 Å². The fraction of sp³-hybridized carbons (Fsp3) is 0.333. The first-order valence-electron chi connectivity index (χ1n) is 4.91. The van der Waals surface area contributed by atoms with Crippen molar-refractivity contribution in [1.29, 1.82) is 0 Å². The molecule has 2 aromatic rings. The molecule has 1 heterocycles. The van der Waals surface area contributed by atoms with Crippen molar-refractivity contribution in [2.24, 2.45) is 0 Å². The first kappa shape index (κ1) is 9.13. The Morgan fingerprint density at radius 2 is 2.07 bits per heavy atom. The van der Waals surface area contributed by atoms with E-state index in [0.29, 0.717) is 0 Å². The van der Waals surface area contributed by atoms with Gasteiger partial charge in [0.15, 0.2) is 0 Å². The minimum Gasteiger partial charge on any atom is -0.496 e. The molecule has 0 radical (unpaired) electrons. The Bertz CT molecular complexity index is 457. The number of aryl methyl sites for hydroxylation is 2. The van der Waals surface area contributed by atoms with Crippen molar-refractivity contribution >= 4 is 10.9 Å². The molecule has 0 aliphatic heterocycles. The second-order valence-corrected chi connectivity index (χ2v) is 3.58. The molecular weight excluding hydrogens is 174 g/mol. The van der Waals surface area contributed by atoms with Gasteiger partial charge in [-0.05, 0) is 37.1 Å². The molecule has 1 aromatic carbocycles. The van der Waals surface area contributed by atoms with Gasteiger partial charge in [0.25, 0.3) is 0 Å². The van der Waals surface area contributed by atoms with Crippen LogP contribution in [0, 0.1) is 6.92 Å². The van der Waals surface area contributed by atoms with Gasteiger partial charge in [0.05, 0.1) is 7.11 Å². The van der Waals surface area contributed by atoms with E-state index < -0.39 is 0 Å². The van der Waals surface area contributed by atoms with Crippen LogP contribution in [-0.2, 0) is 6.42 Å². The second-order valence-electron chi connectivity index (χ2n) is 3.58. The van der Waals surface area contributed by atoms with Gasteiger partial charge >= 0.3 is 0 Å². The maximum absolute atomic E-state index is 5.35. The Hall–Kier alpha value is -1.44. The number of H-pyrrole nitrogens is 1. The molecule has 2 heteroatoms. The van der Waals surface area contributed by atoms with Crippen molar-refractivity contribution < 1.29 is 4.74 Å². The lowest BCUT2D eigenvalue weighted by Crippen LogP contribution is -1.84. The Labute approximate surface area is 83.9 Å². The lowest BCUT2D eigenvalue weighted by Gasteiger charge is -2.02. The van der Waals surface area contributed by atoms with Crippen molar-refractivity contribution in [3.05, 3.63) is 29.5 Å². The van der Waals surface area contributed by atoms with Crippen LogP contribution in [0.3, 0.4) is 0 Å². The fourth-order valence-corrected chi connectivity index (χ4v) is 1.76. The van der Waals surface area contributed by atoms with Gasteiger partial charge < -0.3 is 9.72 Å². The van der Waals surface area contributed by atoms with Crippen molar-refractivity contribution in [1.82, 2.24) is 4.98 Å². The van der Waals surface area contributed by atoms with Crippen LogP contribution in [0.4, 0.5) is 0 Å². The molecule has 14 heavy (non-hydrogen) atoms. The largest absolute Gasteiger partial charge is 0.496 e. The quantitative estimate of drug-likeness (QED) is 0.771. The SMILES string of the molecule is CCc1cc2c(OC)cc(C)cc2[nH]1. The van der Waals surface area contributed by atoms with E-state index in [0.717, 1.165) is 12.2 Å². The number of rotatable bonds is 2. The molecule has 1 aromatic heterocycles. The molecule has 0 spiro atoms. The number of benzene rings is 1. The lowest BCUT2D eigenvalue weighted by atomic mass is 10.1. The van der Waals surface area contributed by atoms with Crippen molar-refractivity contribution in [2.45, 2.75) is 20.3 Å². The summed E-state index contributed by atoms with van der Waals surface area (Å²) in [5, 5.41) is 1.18. The molecule has 0 aliphatic rings. The molecule has 0 fully saturated rings. The topological polar surface area (TPSA) is 25.0 Å². The molecular formula is C12H15NO. The molecule has 0 bridgehead atoms. The average Bonchev–Trinajstić information content (AvgIpc) is 2.59. The van der Waals surface area contributed by atoms with Crippen molar-refractivity contribution in [2.75, 3.05) is 7.11 Å². The molecule has 0 saturated carbocycles. The van der Waals surface area contributed by atoms with Gasteiger partial charge in [-0.3, -0.25) is 0 Å². The Morgan fingerprint density at radius 3 is 2.71 bits per heavy atom.